The molecule has 1 rings (SSSR count). The molecule has 0 aliphatic carbocycles. The number of benzene rings is 1. The Labute approximate surface area is 78.5 Å². The third-order valence-electron chi connectivity index (χ3n) is 1.22. The molecule has 0 N–H and O–H groups in total. The van der Waals surface area contributed by atoms with Crippen LogP contribution in [0.5, 0.6) is 11.5 Å². The zero-order valence-electron chi connectivity index (χ0n) is 8.07. The van der Waals surface area contributed by atoms with Gasteiger partial charge in [0.2, 0.25) is 0 Å². The number of rotatable bonds is 2. The summed E-state index contributed by atoms with van der Waals surface area (Å²) in [6.45, 7) is 4.00. The Hall–Kier alpha value is -1.69. The van der Waals surface area contributed by atoms with Crippen molar-refractivity contribution in [3.8, 4) is 17.8 Å². The standard InChI is InChI=1S/C8H7NO2.C2H6/c1-10-7-2-4-8(5-3-7)11-6-9;1-2/h2-5H,1H3;1-2H3. The molecule has 0 saturated heterocycles. The maximum absolute atomic E-state index is 8.14. The largest absolute Gasteiger partial charge is 0.497 e. The number of methoxy groups -OCH3 is 1. The van der Waals surface area contributed by atoms with Crippen molar-refractivity contribution in [2.45, 2.75) is 13.8 Å². The van der Waals surface area contributed by atoms with Crippen molar-refractivity contribution in [3.05, 3.63) is 24.3 Å². The molecular weight excluding hydrogens is 166 g/mol. The molecule has 70 valence electrons. The van der Waals surface area contributed by atoms with Gasteiger partial charge in [-0.3, -0.25) is 0 Å². The number of hydrogen-bond acceptors (Lipinski definition) is 3. The van der Waals surface area contributed by atoms with E-state index in [2.05, 4.69) is 4.74 Å². The van der Waals surface area contributed by atoms with Crippen LogP contribution in [-0.4, -0.2) is 7.11 Å². The van der Waals surface area contributed by atoms with Crippen LogP contribution in [0.2, 0.25) is 0 Å². The minimum atomic E-state index is 0.522. The SMILES string of the molecule is CC.COc1ccc(OC#N)cc1. The van der Waals surface area contributed by atoms with Gasteiger partial charge in [0.05, 0.1) is 7.11 Å². The smallest absolute Gasteiger partial charge is 0.292 e. The van der Waals surface area contributed by atoms with Crippen LogP contribution >= 0.6 is 0 Å². The van der Waals surface area contributed by atoms with Crippen molar-refractivity contribution < 1.29 is 9.47 Å². The van der Waals surface area contributed by atoms with Crippen LogP contribution in [0, 0.1) is 11.5 Å². The maximum atomic E-state index is 8.14. The molecule has 0 bridgehead atoms. The fraction of sp³-hybridized carbons (Fsp3) is 0.300. The van der Waals surface area contributed by atoms with Crippen molar-refractivity contribution in [3.63, 3.8) is 0 Å². The number of nitrogens with zero attached hydrogens (tertiary/aromatic N) is 1. The Kier molecular flexibility index (Phi) is 6.08. The molecule has 0 unspecified atom stereocenters. The Bertz CT molecular complexity index is 261. The molecule has 0 radical (unpaired) electrons. The first-order valence-corrected chi connectivity index (χ1v) is 4.07. The molecule has 1 aromatic rings. The highest BCUT2D eigenvalue weighted by molar-refractivity contribution is 5.31. The van der Waals surface area contributed by atoms with Gasteiger partial charge in [0.15, 0.2) is 0 Å². The van der Waals surface area contributed by atoms with Crippen LogP contribution in [0.1, 0.15) is 13.8 Å². The van der Waals surface area contributed by atoms with Crippen molar-refractivity contribution in [1.82, 2.24) is 0 Å². The first kappa shape index (κ1) is 11.3. The molecule has 0 amide bonds. The quantitative estimate of drug-likeness (QED) is 0.655. The van der Waals surface area contributed by atoms with E-state index in [0.29, 0.717) is 5.75 Å². The van der Waals surface area contributed by atoms with Crippen LogP contribution in [0.4, 0.5) is 0 Å². The van der Waals surface area contributed by atoms with Gasteiger partial charge >= 0.3 is 0 Å². The zero-order valence-corrected chi connectivity index (χ0v) is 8.07. The second kappa shape index (κ2) is 6.99. The van der Waals surface area contributed by atoms with Crippen LogP contribution in [0.25, 0.3) is 0 Å². The van der Waals surface area contributed by atoms with Gasteiger partial charge in [0, 0.05) is 0 Å². The highest BCUT2D eigenvalue weighted by Crippen LogP contribution is 2.16. The van der Waals surface area contributed by atoms with Gasteiger partial charge in [0.1, 0.15) is 11.5 Å². The molecule has 1 aromatic carbocycles. The monoisotopic (exact) mass is 179 g/mol. The Morgan fingerprint density at radius 2 is 1.54 bits per heavy atom. The van der Waals surface area contributed by atoms with Gasteiger partial charge in [-0.25, -0.2) is 0 Å². The summed E-state index contributed by atoms with van der Waals surface area (Å²) in [6.07, 6.45) is 1.58. The van der Waals surface area contributed by atoms with Gasteiger partial charge in [-0.15, -0.1) is 5.26 Å². The Balaban J connectivity index is 0.000000671. The van der Waals surface area contributed by atoms with Crippen molar-refractivity contribution in [2.24, 2.45) is 0 Å². The summed E-state index contributed by atoms with van der Waals surface area (Å²) in [7, 11) is 1.58. The van der Waals surface area contributed by atoms with E-state index in [1.54, 1.807) is 37.6 Å². The molecule has 0 aliphatic heterocycles. The van der Waals surface area contributed by atoms with Crippen LogP contribution in [0.3, 0.4) is 0 Å². The molecule has 0 atom stereocenters. The number of ether oxygens (including phenoxy) is 2. The lowest BCUT2D eigenvalue weighted by atomic mass is 10.3. The predicted octanol–water partition coefficient (Wildman–Crippen LogP) is 2.58. The lowest BCUT2D eigenvalue weighted by Gasteiger charge is -1.98. The molecule has 0 aliphatic rings. The lowest BCUT2D eigenvalue weighted by Crippen LogP contribution is -1.83. The van der Waals surface area contributed by atoms with Crippen LogP contribution in [-0.2, 0) is 0 Å². The molecule has 13 heavy (non-hydrogen) atoms. The van der Waals surface area contributed by atoms with E-state index >= 15 is 0 Å². The molecule has 0 spiro atoms. The number of hydrogen-bond donors (Lipinski definition) is 0. The van der Waals surface area contributed by atoms with Crippen molar-refractivity contribution >= 4 is 0 Å². The first-order chi connectivity index (χ1) is 6.36. The zero-order chi connectivity index (χ0) is 10.1. The summed E-state index contributed by atoms with van der Waals surface area (Å²) in [4.78, 5) is 0. The van der Waals surface area contributed by atoms with Gasteiger partial charge < -0.3 is 9.47 Å². The molecule has 0 saturated carbocycles. The average molecular weight is 179 g/mol. The summed E-state index contributed by atoms with van der Waals surface area (Å²) in [5, 5.41) is 8.14. The topological polar surface area (TPSA) is 42.2 Å². The van der Waals surface area contributed by atoms with E-state index in [-0.39, 0.29) is 0 Å². The summed E-state index contributed by atoms with van der Waals surface area (Å²) in [5.41, 5.74) is 0. The highest BCUT2D eigenvalue weighted by Gasteiger charge is 1.92. The summed E-state index contributed by atoms with van der Waals surface area (Å²) < 4.78 is 9.46. The third-order valence-corrected chi connectivity index (χ3v) is 1.22. The Morgan fingerprint density at radius 1 is 1.08 bits per heavy atom. The molecule has 0 aromatic heterocycles. The first-order valence-electron chi connectivity index (χ1n) is 4.07. The van der Waals surface area contributed by atoms with E-state index < -0.39 is 0 Å². The van der Waals surface area contributed by atoms with Gasteiger partial charge in [0.25, 0.3) is 6.26 Å². The minimum Gasteiger partial charge on any atom is -0.497 e. The second-order valence-electron chi connectivity index (χ2n) is 1.87. The summed E-state index contributed by atoms with van der Waals surface area (Å²) >= 11 is 0. The van der Waals surface area contributed by atoms with Gasteiger partial charge in [-0.2, -0.15) is 0 Å². The van der Waals surface area contributed by atoms with E-state index in [1.807, 2.05) is 13.8 Å². The van der Waals surface area contributed by atoms with E-state index in [9.17, 15) is 0 Å². The minimum absolute atomic E-state index is 0.522. The average Bonchev–Trinajstić information content (AvgIpc) is 2.23. The van der Waals surface area contributed by atoms with Gasteiger partial charge in [-0.05, 0) is 24.3 Å². The molecule has 0 fully saturated rings. The van der Waals surface area contributed by atoms with Crippen LogP contribution in [0.15, 0.2) is 24.3 Å². The summed E-state index contributed by atoms with van der Waals surface area (Å²) in [5.74, 6) is 1.27. The molecule has 3 nitrogen and oxygen atoms in total. The maximum Gasteiger partial charge on any atom is 0.292 e. The molecule has 0 heterocycles. The predicted molar refractivity (Wildman–Crippen MR) is 50.6 cm³/mol. The summed E-state index contributed by atoms with van der Waals surface area (Å²) in [6, 6.07) is 6.80. The highest BCUT2D eigenvalue weighted by atomic mass is 16.5. The number of nitriles is 1. The second-order valence-corrected chi connectivity index (χ2v) is 1.87. The van der Waals surface area contributed by atoms with Crippen molar-refractivity contribution in [2.75, 3.05) is 7.11 Å². The van der Waals surface area contributed by atoms with E-state index in [4.69, 9.17) is 10.00 Å². The fourth-order valence-corrected chi connectivity index (χ4v) is 0.696. The van der Waals surface area contributed by atoms with Crippen molar-refractivity contribution in [1.29, 1.82) is 5.26 Å². The third kappa shape index (κ3) is 4.02. The molecule has 3 heteroatoms. The van der Waals surface area contributed by atoms with Crippen LogP contribution < -0.4 is 9.47 Å². The van der Waals surface area contributed by atoms with Gasteiger partial charge in [-0.1, -0.05) is 13.8 Å². The normalized spacial score (nSPS) is 7.54. The Morgan fingerprint density at radius 3 is 1.92 bits per heavy atom. The fourth-order valence-electron chi connectivity index (χ4n) is 0.696. The lowest BCUT2D eigenvalue weighted by molar-refractivity contribution is 0.413. The van der Waals surface area contributed by atoms with E-state index in [0.717, 1.165) is 5.75 Å². The van der Waals surface area contributed by atoms with E-state index in [1.165, 1.54) is 0 Å². The molecular formula is C10H13NO2.